The van der Waals surface area contributed by atoms with Crippen LogP contribution in [0.4, 0.5) is 0 Å². The number of hydrogen-bond acceptors (Lipinski definition) is 0. The van der Waals surface area contributed by atoms with Gasteiger partial charge in [-0.15, -0.1) is 0 Å². The minimum absolute atomic E-state index is 1.07. The van der Waals surface area contributed by atoms with Crippen LogP contribution in [-0.2, 0) is 0 Å². The first-order valence-corrected chi connectivity index (χ1v) is 43.5. The smallest absolute Gasteiger partial charge is 0.00134 e. The minimum atomic E-state index is 1.07. The molecule has 0 spiro atoms. The summed E-state index contributed by atoms with van der Waals surface area (Å²) < 4.78 is 0. The summed E-state index contributed by atoms with van der Waals surface area (Å²) in [5, 5.41) is 0. The normalized spacial score (nSPS) is 11.2. The Bertz CT molecular complexity index is 6730. The molecule has 0 aromatic heterocycles. The van der Waals surface area contributed by atoms with Crippen molar-refractivity contribution in [2.45, 2.75) is 0 Å². The van der Waals surface area contributed by atoms with Crippen LogP contribution in [0.1, 0.15) is 0 Å². The SMILES string of the molecule is c1ccc(-c2c(-c3ccccc3)c(-c3ccccc3)c(-c3ccc(-c4cc(-c5ccc(-c6c(-c7ccccc7)c(-c7ccccc7)c(-c7ccccc7)c(-c7ccccc7)c6-c6ccccc6)cc5)cc(-c5c(-c6ccccc6)c(-c6ccccc6)c(-c6ccccc6)c(-c6ccccc6)c5-c5ccccc5)c4)cc3)c(-c3ccccc3)c2-c2ccccc2)cc1. The molecule has 0 radical (unpaired) electrons. The van der Waals surface area contributed by atoms with E-state index in [9.17, 15) is 0 Å². The van der Waals surface area contributed by atoms with Gasteiger partial charge < -0.3 is 0 Å². The molecule has 0 aliphatic heterocycles. The van der Waals surface area contributed by atoms with E-state index in [1.807, 2.05) is 0 Å². The third kappa shape index (κ3) is 14.8. The highest BCUT2D eigenvalue weighted by Crippen LogP contribution is 2.61. The molecule has 590 valence electrons. The fraction of sp³-hybridized carbons (Fsp3) is 0. The molecule has 0 heterocycles. The zero-order valence-electron chi connectivity index (χ0n) is 69.7. The molecule has 0 amide bonds. The Morgan fingerprint density at radius 3 is 0.246 bits per heavy atom. The Kier molecular flexibility index (Phi) is 21.4. The zero-order chi connectivity index (χ0) is 83.9. The Labute approximate surface area is 739 Å². The molecule has 21 aromatic rings. The second kappa shape index (κ2) is 35.0. The largest absolute Gasteiger partial charge is 0.0622 e. The topological polar surface area (TPSA) is 0 Å². The fourth-order valence-corrected chi connectivity index (χ4v) is 19.3. The van der Waals surface area contributed by atoms with E-state index in [4.69, 9.17) is 0 Å². The number of hydrogen-bond donors (Lipinski definition) is 0. The van der Waals surface area contributed by atoms with Crippen molar-refractivity contribution in [3.63, 3.8) is 0 Å². The van der Waals surface area contributed by atoms with Gasteiger partial charge >= 0.3 is 0 Å². The summed E-state index contributed by atoms with van der Waals surface area (Å²) in [5.41, 5.74) is 45.4. The molecule has 0 N–H and O–H groups in total. The summed E-state index contributed by atoms with van der Waals surface area (Å²) in [6.07, 6.45) is 0. The van der Waals surface area contributed by atoms with Gasteiger partial charge in [0.15, 0.2) is 0 Å². The Balaban J connectivity index is 0.880. The van der Waals surface area contributed by atoms with E-state index >= 15 is 0 Å². The lowest BCUT2D eigenvalue weighted by molar-refractivity contribution is 1.50. The Morgan fingerprint density at radius 2 is 0.135 bits per heavy atom. The quantitative estimate of drug-likeness (QED) is 0.0713. The van der Waals surface area contributed by atoms with Crippen molar-refractivity contribution in [3.05, 3.63) is 522 Å². The molecule has 0 nitrogen and oxygen atoms in total. The highest BCUT2D eigenvalue weighted by atomic mass is 14.4. The van der Waals surface area contributed by atoms with Crippen LogP contribution >= 0.6 is 0 Å². The molecule has 0 aliphatic carbocycles. The van der Waals surface area contributed by atoms with Gasteiger partial charge in [-0.25, -0.2) is 0 Å². The minimum Gasteiger partial charge on any atom is -0.0622 e. The van der Waals surface area contributed by atoms with Gasteiger partial charge in [0.2, 0.25) is 0 Å². The van der Waals surface area contributed by atoms with Crippen molar-refractivity contribution in [1.29, 1.82) is 0 Å². The van der Waals surface area contributed by atoms with Gasteiger partial charge in [-0.05, 0) is 241 Å². The summed E-state index contributed by atoms with van der Waals surface area (Å²) in [6, 6.07) is 193. The van der Waals surface area contributed by atoms with Crippen LogP contribution in [0.5, 0.6) is 0 Å². The van der Waals surface area contributed by atoms with Crippen LogP contribution in [0.25, 0.3) is 223 Å². The highest BCUT2D eigenvalue weighted by Gasteiger charge is 2.34. The molecule has 21 aromatic carbocycles. The van der Waals surface area contributed by atoms with Crippen LogP contribution in [0.3, 0.4) is 0 Å². The second-order valence-electron chi connectivity index (χ2n) is 32.2. The predicted molar refractivity (Wildman–Crippen MR) is 535 cm³/mol. The first-order chi connectivity index (χ1) is 62.6. The van der Waals surface area contributed by atoms with Gasteiger partial charge in [0.1, 0.15) is 0 Å². The van der Waals surface area contributed by atoms with E-state index in [0.717, 1.165) is 189 Å². The van der Waals surface area contributed by atoms with Crippen molar-refractivity contribution in [1.82, 2.24) is 0 Å². The summed E-state index contributed by atoms with van der Waals surface area (Å²) in [4.78, 5) is 0. The fourth-order valence-electron chi connectivity index (χ4n) is 19.3. The average molecular weight is 1600 g/mol. The van der Waals surface area contributed by atoms with Crippen molar-refractivity contribution in [2.24, 2.45) is 0 Å². The summed E-state index contributed by atoms with van der Waals surface area (Å²) >= 11 is 0. The van der Waals surface area contributed by atoms with Gasteiger partial charge in [0, 0.05) is 0 Å². The lowest BCUT2D eigenvalue weighted by Gasteiger charge is -2.29. The Morgan fingerprint density at radius 1 is 0.0556 bits per heavy atom. The van der Waals surface area contributed by atoms with E-state index < -0.39 is 0 Å². The summed E-state index contributed by atoms with van der Waals surface area (Å²) in [5.74, 6) is 0. The van der Waals surface area contributed by atoms with Crippen LogP contribution < -0.4 is 0 Å². The third-order valence-corrected chi connectivity index (χ3v) is 24.7. The molecular formula is C126H86. The highest BCUT2D eigenvalue weighted by molar-refractivity contribution is 6.19. The van der Waals surface area contributed by atoms with Crippen molar-refractivity contribution >= 4 is 0 Å². The van der Waals surface area contributed by atoms with Crippen LogP contribution in [-0.4, -0.2) is 0 Å². The lowest BCUT2D eigenvalue weighted by Crippen LogP contribution is -2.02. The monoisotopic (exact) mass is 1600 g/mol. The van der Waals surface area contributed by atoms with Crippen LogP contribution in [0, 0.1) is 0 Å². The summed E-state index contributed by atoms with van der Waals surface area (Å²) in [7, 11) is 0. The first-order valence-electron chi connectivity index (χ1n) is 43.5. The number of benzene rings is 21. The molecule has 0 saturated heterocycles. The van der Waals surface area contributed by atoms with Crippen molar-refractivity contribution in [2.75, 3.05) is 0 Å². The maximum absolute atomic E-state index is 2.50. The predicted octanol–water partition coefficient (Wildman–Crippen LogP) is 35.0. The zero-order valence-corrected chi connectivity index (χ0v) is 69.7. The maximum atomic E-state index is 2.50. The van der Waals surface area contributed by atoms with Gasteiger partial charge in [-0.3, -0.25) is 0 Å². The molecule has 126 heavy (non-hydrogen) atoms. The molecule has 0 bridgehead atoms. The molecule has 0 unspecified atom stereocenters. The third-order valence-electron chi connectivity index (χ3n) is 24.7. The van der Waals surface area contributed by atoms with E-state index in [1.165, 1.54) is 33.4 Å². The molecule has 21 rings (SSSR count). The summed E-state index contributed by atoms with van der Waals surface area (Å²) in [6.45, 7) is 0. The molecule has 0 atom stereocenters. The molecule has 0 fully saturated rings. The van der Waals surface area contributed by atoms with Crippen LogP contribution in [0.15, 0.2) is 522 Å². The number of rotatable bonds is 20. The second-order valence-corrected chi connectivity index (χ2v) is 32.2. The van der Waals surface area contributed by atoms with Crippen molar-refractivity contribution in [3.8, 4) is 223 Å². The van der Waals surface area contributed by atoms with Crippen LogP contribution in [0.2, 0.25) is 0 Å². The van der Waals surface area contributed by atoms with Gasteiger partial charge in [-0.1, -0.05) is 504 Å². The van der Waals surface area contributed by atoms with E-state index in [1.54, 1.807) is 0 Å². The first kappa shape index (κ1) is 77.0. The van der Waals surface area contributed by atoms with Gasteiger partial charge in [0.25, 0.3) is 0 Å². The molecule has 0 aliphatic rings. The molecule has 0 heteroatoms. The molecular weight excluding hydrogens is 1510 g/mol. The van der Waals surface area contributed by atoms with Gasteiger partial charge in [-0.2, -0.15) is 0 Å². The Hall–Kier alpha value is -16.4. The van der Waals surface area contributed by atoms with Crippen molar-refractivity contribution < 1.29 is 0 Å². The maximum Gasteiger partial charge on any atom is -0.00134 e. The van der Waals surface area contributed by atoms with E-state index in [0.29, 0.717) is 0 Å². The standard InChI is InChI=1S/C126H86/c1-16-46-89(47-17-1)109-111(91-50-20-3-21-51-91)118(98-64-34-10-35-65-98)124(119(99-66-36-11-37-67-99)112(109)92-52-22-4-23-53-92)104-80-76-87(77-81-104)106-84-107(86-108(85-106)126-122(102-72-42-14-43-73-102)116(96-60-30-8-31-61-96)115(95-58-28-7-29-59-95)117(97-62-32-9-33-63-97)123(126)103-74-44-15-45-75-103)88-78-82-105(83-79-88)125-120(100-68-38-12-39-69-100)113(93-54-24-5-25-55-93)110(90-48-18-2-19-49-90)114(94-56-26-6-27-57-94)121(125)101-70-40-13-41-71-101/h1-86H. The molecule has 0 saturated carbocycles. The van der Waals surface area contributed by atoms with E-state index in [2.05, 4.69) is 522 Å². The van der Waals surface area contributed by atoms with E-state index in [-0.39, 0.29) is 0 Å². The van der Waals surface area contributed by atoms with Gasteiger partial charge in [0.05, 0.1) is 0 Å². The lowest BCUT2D eigenvalue weighted by atomic mass is 9.73. The average Bonchev–Trinajstić information content (AvgIpc) is 0.721.